The minimum atomic E-state index is -0.204. The van der Waals surface area contributed by atoms with Gasteiger partial charge in [-0.15, -0.1) is 0 Å². The fourth-order valence-corrected chi connectivity index (χ4v) is 1.08. The van der Waals surface area contributed by atoms with E-state index in [9.17, 15) is 4.79 Å². The number of rotatable bonds is 1. The summed E-state index contributed by atoms with van der Waals surface area (Å²) in [5.41, 5.74) is 11.6. The van der Waals surface area contributed by atoms with Crippen LogP contribution in [-0.4, -0.2) is 10.9 Å². The van der Waals surface area contributed by atoms with Crippen LogP contribution in [0.2, 0.25) is 0 Å². The lowest BCUT2D eigenvalue weighted by atomic mass is 10.1. The second kappa shape index (κ2) is 2.73. The third-order valence-electron chi connectivity index (χ3n) is 1.54. The van der Waals surface area contributed by atoms with Gasteiger partial charge in [-0.05, 0) is 6.92 Å². The summed E-state index contributed by atoms with van der Waals surface area (Å²) in [6.07, 6.45) is 0. The highest BCUT2D eigenvalue weighted by Gasteiger charge is 2.09. The Bertz CT molecular complexity index is 311. The molecule has 1 aromatic rings. The van der Waals surface area contributed by atoms with Gasteiger partial charge >= 0.3 is 0 Å². The van der Waals surface area contributed by atoms with Gasteiger partial charge in [0.25, 0.3) is 0 Å². The maximum Gasteiger partial charge on any atom is 0.163 e. The summed E-state index contributed by atoms with van der Waals surface area (Å²) in [4.78, 5) is 11.0. The fourth-order valence-electron chi connectivity index (χ4n) is 1.08. The van der Waals surface area contributed by atoms with Crippen molar-refractivity contribution in [1.82, 2.24) is 0 Å². The number of phenolic OH excluding ortho intramolecular Hbond substituents is 1. The van der Waals surface area contributed by atoms with Crippen molar-refractivity contribution < 1.29 is 9.90 Å². The first-order valence-corrected chi connectivity index (χ1v) is 3.41. The van der Waals surface area contributed by atoms with Crippen molar-refractivity contribution in [2.75, 3.05) is 11.5 Å². The molecule has 4 nitrogen and oxygen atoms in total. The number of ketones is 1. The molecule has 0 aromatic heterocycles. The van der Waals surface area contributed by atoms with E-state index in [1.165, 1.54) is 19.1 Å². The molecule has 0 heterocycles. The molecule has 0 aliphatic rings. The molecule has 0 amide bonds. The summed E-state index contributed by atoms with van der Waals surface area (Å²) in [6, 6.07) is 2.60. The summed E-state index contributed by atoms with van der Waals surface area (Å²) < 4.78 is 0. The molecule has 1 aromatic carbocycles. The molecule has 0 saturated carbocycles. The molecule has 0 aliphatic carbocycles. The van der Waals surface area contributed by atoms with E-state index in [1.54, 1.807) is 0 Å². The molecule has 0 unspecified atom stereocenters. The van der Waals surface area contributed by atoms with Crippen LogP contribution in [0.4, 0.5) is 11.4 Å². The monoisotopic (exact) mass is 166 g/mol. The fraction of sp³-hybridized carbons (Fsp3) is 0.125. The first-order chi connectivity index (χ1) is 5.52. The zero-order chi connectivity index (χ0) is 9.30. The van der Waals surface area contributed by atoms with Crippen molar-refractivity contribution in [1.29, 1.82) is 0 Å². The number of Topliss-reactive ketones (excluding diaryl/α,β-unsaturated/α-hetero) is 1. The molecule has 0 aliphatic heterocycles. The summed E-state index contributed by atoms with van der Waals surface area (Å²) in [6.45, 7) is 1.37. The van der Waals surface area contributed by atoms with Crippen LogP contribution in [-0.2, 0) is 0 Å². The number of nitrogen functional groups attached to an aromatic ring is 2. The van der Waals surface area contributed by atoms with Gasteiger partial charge in [-0.1, -0.05) is 0 Å². The molecule has 0 spiro atoms. The second-order valence-electron chi connectivity index (χ2n) is 2.56. The number of anilines is 2. The number of hydrogen-bond acceptors (Lipinski definition) is 4. The van der Waals surface area contributed by atoms with Crippen LogP contribution in [0.25, 0.3) is 0 Å². The highest BCUT2D eigenvalue weighted by atomic mass is 16.3. The third kappa shape index (κ3) is 1.32. The zero-order valence-electron chi connectivity index (χ0n) is 6.66. The van der Waals surface area contributed by atoms with E-state index in [0.717, 1.165) is 0 Å². The molecule has 4 heteroatoms. The number of phenols is 1. The van der Waals surface area contributed by atoms with Crippen LogP contribution in [0.3, 0.4) is 0 Å². The molecule has 5 N–H and O–H groups in total. The van der Waals surface area contributed by atoms with Crippen molar-refractivity contribution in [3.8, 4) is 5.75 Å². The normalized spacial score (nSPS) is 9.75. The Morgan fingerprint density at radius 2 is 1.75 bits per heavy atom. The Morgan fingerprint density at radius 1 is 1.33 bits per heavy atom. The van der Waals surface area contributed by atoms with E-state index >= 15 is 0 Å². The highest BCUT2D eigenvalue weighted by molar-refractivity contribution is 6.04. The van der Waals surface area contributed by atoms with Crippen LogP contribution in [0, 0.1) is 0 Å². The van der Waals surface area contributed by atoms with Crippen molar-refractivity contribution in [2.24, 2.45) is 0 Å². The smallest absolute Gasteiger partial charge is 0.163 e. The van der Waals surface area contributed by atoms with Gasteiger partial charge in [0.15, 0.2) is 5.78 Å². The van der Waals surface area contributed by atoms with E-state index in [-0.39, 0.29) is 28.5 Å². The van der Waals surface area contributed by atoms with E-state index in [1.807, 2.05) is 0 Å². The molecule has 0 fully saturated rings. The highest BCUT2D eigenvalue weighted by Crippen LogP contribution is 2.25. The number of nitrogens with two attached hydrogens (primary N) is 2. The van der Waals surface area contributed by atoms with Crippen LogP contribution in [0.15, 0.2) is 12.1 Å². The first kappa shape index (κ1) is 8.39. The molecule has 0 radical (unpaired) electrons. The first-order valence-electron chi connectivity index (χ1n) is 3.41. The summed E-state index contributed by atoms with van der Waals surface area (Å²) >= 11 is 0. The standard InChI is InChI=1S/C8H10N2O2/c1-4(11)8-6(9)2-5(12)3-7(8)10/h2-3,12H,9-10H2,1H3. The van der Waals surface area contributed by atoms with Crippen LogP contribution < -0.4 is 11.5 Å². The molecule has 12 heavy (non-hydrogen) atoms. The molecular weight excluding hydrogens is 156 g/mol. The van der Waals surface area contributed by atoms with Gasteiger partial charge in [0.1, 0.15) is 5.75 Å². The Hall–Kier alpha value is -1.71. The lowest BCUT2D eigenvalue weighted by Crippen LogP contribution is -2.04. The average molecular weight is 166 g/mol. The van der Waals surface area contributed by atoms with Crippen molar-refractivity contribution >= 4 is 17.2 Å². The van der Waals surface area contributed by atoms with Crippen LogP contribution in [0.1, 0.15) is 17.3 Å². The number of carbonyl (C=O) groups excluding carboxylic acids is 1. The van der Waals surface area contributed by atoms with Crippen molar-refractivity contribution in [3.63, 3.8) is 0 Å². The molecule has 0 bridgehead atoms. The number of aromatic hydroxyl groups is 1. The van der Waals surface area contributed by atoms with Crippen LogP contribution in [0.5, 0.6) is 5.75 Å². The van der Waals surface area contributed by atoms with Crippen molar-refractivity contribution in [2.45, 2.75) is 6.92 Å². The molecule has 1 rings (SSSR count). The van der Waals surface area contributed by atoms with Crippen molar-refractivity contribution in [3.05, 3.63) is 17.7 Å². The predicted molar refractivity (Wildman–Crippen MR) is 46.9 cm³/mol. The topological polar surface area (TPSA) is 89.3 Å². The maximum absolute atomic E-state index is 11.0. The van der Waals surface area contributed by atoms with Gasteiger partial charge in [0, 0.05) is 23.5 Å². The molecule has 0 atom stereocenters. The van der Waals surface area contributed by atoms with Gasteiger partial charge in [-0.3, -0.25) is 4.79 Å². The summed E-state index contributed by atoms with van der Waals surface area (Å²) in [5, 5.41) is 9.03. The Balaban J connectivity index is 3.38. The Kier molecular flexibility index (Phi) is 1.91. The lowest BCUT2D eigenvalue weighted by Gasteiger charge is -2.05. The van der Waals surface area contributed by atoms with E-state index in [2.05, 4.69) is 0 Å². The van der Waals surface area contributed by atoms with Gasteiger partial charge in [-0.2, -0.15) is 0 Å². The third-order valence-corrected chi connectivity index (χ3v) is 1.54. The van der Waals surface area contributed by atoms with E-state index in [0.29, 0.717) is 0 Å². The minimum absolute atomic E-state index is 0.0324. The molecule has 0 saturated heterocycles. The number of carbonyl (C=O) groups is 1. The maximum atomic E-state index is 11.0. The van der Waals surface area contributed by atoms with Gasteiger partial charge in [0.2, 0.25) is 0 Å². The van der Waals surface area contributed by atoms with Crippen LogP contribution >= 0.6 is 0 Å². The molecular formula is C8H10N2O2. The summed E-state index contributed by atoms with van der Waals surface area (Å²) in [5.74, 6) is -0.236. The Labute approximate surface area is 69.8 Å². The average Bonchev–Trinajstić information content (AvgIpc) is 1.82. The summed E-state index contributed by atoms with van der Waals surface area (Å²) in [7, 11) is 0. The largest absolute Gasteiger partial charge is 0.508 e. The lowest BCUT2D eigenvalue weighted by molar-refractivity contribution is 0.101. The quantitative estimate of drug-likeness (QED) is 0.424. The predicted octanol–water partition coefficient (Wildman–Crippen LogP) is 0.759. The van der Waals surface area contributed by atoms with E-state index < -0.39 is 0 Å². The van der Waals surface area contributed by atoms with Gasteiger partial charge in [0.05, 0.1) is 5.56 Å². The number of hydrogen-bond donors (Lipinski definition) is 3. The zero-order valence-corrected chi connectivity index (χ0v) is 6.66. The van der Waals surface area contributed by atoms with E-state index in [4.69, 9.17) is 16.6 Å². The van der Waals surface area contributed by atoms with Gasteiger partial charge < -0.3 is 16.6 Å². The number of benzene rings is 1. The van der Waals surface area contributed by atoms with Gasteiger partial charge in [-0.25, -0.2) is 0 Å². The second-order valence-corrected chi connectivity index (χ2v) is 2.56. The SMILES string of the molecule is CC(=O)c1c(N)cc(O)cc1N. The minimum Gasteiger partial charge on any atom is -0.508 e. The Morgan fingerprint density at radius 3 is 2.08 bits per heavy atom. The molecule has 64 valence electrons.